The number of methoxy groups -OCH3 is 2. The van der Waals surface area contributed by atoms with Gasteiger partial charge in [0, 0.05) is 17.0 Å². The maximum atomic E-state index is 14.7. The second-order valence-electron chi connectivity index (χ2n) is 14.3. The van der Waals surface area contributed by atoms with E-state index in [1.54, 1.807) is 48.5 Å². The summed E-state index contributed by atoms with van der Waals surface area (Å²) in [6.45, 7) is 6.52. The standard InChI is InChI=1S/C39H37N3O10S/c1-39(2,3)23-15-16-26-29(19-23)53-36(30(26)38(46)50-5)40-34(43)31-32(41(52-33(31)35(40)44)24-12-9-13-25(20-24)42(47)48)22-14-17-27(28(18-22)49-4)51-37(45)21-10-7-6-8-11-21/h6-14,17-18,20,23,31-33H,15-16,19H2,1-5H3/t23-,31-,32-,33-/m1/s1. The average Bonchev–Trinajstić information content (AvgIpc) is 3.80. The number of carbonyl (C=O) groups is 4. The minimum absolute atomic E-state index is 0.0110. The Hall–Kier alpha value is -5.60. The molecule has 7 rings (SSSR count). The molecular weight excluding hydrogens is 703 g/mol. The average molecular weight is 740 g/mol. The predicted octanol–water partition coefficient (Wildman–Crippen LogP) is 6.87. The summed E-state index contributed by atoms with van der Waals surface area (Å²) in [7, 11) is 2.66. The van der Waals surface area contributed by atoms with Crippen LogP contribution in [0.2, 0.25) is 0 Å². The van der Waals surface area contributed by atoms with Crippen LogP contribution >= 0.6 is 11.3 Å². The van der Waals surface area contributed by atoms with E-state index in [9.17, 15) is 29.3 Å². The number of hydrogen-bond donors (Lipinski definition) is 0. The molecule has 0 bridgehead atoms. The van der Waals surface area contributed by atoms with Gasteiger partial charge in [0.1, 0.15) is 10.9 Å². The Balaban J connectivity index is 1.30. The van der Waals surface area contributed by atoms with E-state index in [0.29, 0.717) is 29.9 Å². The first-order valence-electron chi connectivity index (χ1n) is 17.1. The highest BCUT2D eigenvalue weighted by Gasteiger charge is 2.61. The van der Waals surface area contributed by atoms with Crippen molar-refractivity contribution in [1.82, 2.24) is 0 Å². The Morgan fingerprint density at radius 2 is 1.70 bits per heavy atom. The van der Waals surface area contributed by atoms with E-state index < -0.39 is 46.7 Å². The second-order valence-corrected chi connectivity index (χ2v) is 15.3. The van der Waals surface area contributed by atoms with Gasteiger partial charge in [-0.25, -0.2) is 19.6 Å². The van der Waals surface area contributed by atoms with Crippen molar-refractivity contribution in [3.63, 3.8) is 0 Å². The fourth-order valence-corrected chi connectivity index (χ4v) is 8.81. The van der Waals surface area contributed by atoms with E-state index in [4.69, 9.17) is 19.0 Å². The van der Waals surface area contributed by atoms with Crippen LogP contribution in [-0.4, -0.2) is 49.0 Å². The van der Waals surface area contributed by atoms with Gasteiger partial charge in [-0.1, -0.05) is 51.1 Å². The van der Waals surface area contributed by atoms with E-state index in [0.717, 1.165) is 21.8 Å². The molecule has 1 aromatic heterocycles. The fourth-order valence-electron chi connectivity index (χ4n) is 7.39. The summed E-state index contributed by atoms with van der Waals surface area (Å²) in [5.74, 6) is -3.06. The molecule has 2 saturated heterocycles. The quantitative estimate of drug-likeness (QED) is 0.0611. The first-order chi connectivity index (χ1) is 25.3. The summed E-state index contributed by atoms with van der Waals surface area (Å²) in [4.78, 5) is 74.8. The van der Waals surface area contributed by atoms with Crippen molar-refractivity contribution in [3.05, 3.63) is 110 Å². The van der Waals surface area contributed by atoms with Crippen LogP contribution in [0.5, 0.6) is 11.5 Å². The molecule has 0 saturated carbocycles. The van der Waals surface area contributed by atoms with Crippen LogP contribution in [0.25, 0.3) is 0 Å². The molecule has 2 aliphatic heterocycles. The molecule has 2 amide bonds. The highest BCUT2D eigenvalue weighted by molar-refractivity contribution is 7.17. The predicted molar refractivity (Wildman–Crippen MR) is 194 cm³/mol. The first-order valence-corrected chi connectivity index (χ1v) is 17.9. The number of carbonyl (C=O) groups excluding carboxylic acids is 4. The first kappa shape index (κ1) is 35.8. The lowest BCUT2D eigenvalue weighted by Crippen LogP contribution is -2.37. The van der Waals surface area contributed by atoms with Crippen molar-refractivity contribution < 1.29 is 43.1 Å². The smallest absolute Gasteiger partial charge is 0.343 e. The largest absolute Gasteiger partial charge is 0.493 e. The third-order valence-electron chi connectivity index (χ3n) is 10.2. The monoisotopic (exact) mass is 739 g/mol. The van der Waals surface area contributed by atoms with Crippen molar-refractivity contribution in [3.8, 4) is 11.5 Å². The number of non-ortho nitro benzene ring substituents is 1. The lowest BCUT2D eigenvalue weighted by Gasteiger charge is -2.33. The van der Waals surface area contributed by atoms with Gasteiger partial charge in [-0.3, -0.25) is 24.5 Å². The fraction of sp³-hybridized carbons (Fsp3) is 0.333. The van der Waals surface area contributed by atoms with Crippen LogP contribution in [0.15, 0.2) is 72.8 Å². The van der Waals surface area contributed by atoms with E-state index in [1.807, 2.05) is 0 Å². The number of thiophene rings is 1. The molecule has 14 heteroatoms. The summed E-state index contributed by atoms with van der Waals surface area (Å²) in [6, 6.07) is 17.8. The van der Waals surface area contributed by atoms with E-state index in [2.05, 4.69) is 20.8 Å². The Bertz CT molecular complexity index is 2140. The molecule has 53 heavy (non-hydrogen) atoms. The topological polar surface area (TPSA) is 155 Å². The molecule has 274 valence electrons. The molecule has 0 spiro atoms. The van der Waals surface area contributed by atoms with Crippen molar-refractivity contribution in [2.24, 2.45) is 17.3 Å². The van der Waals surface area contributed by atoms with Crippen molar-refractivity contribution in [2.45, 2.75) is 52.2 Å². The van der Waals surface area contributed by atoms with Gasteiger partial charge in [0.25, 0.3) is 11.6 Å². The molecule has 3 heterocycles. The van der Waals surface area contributed by atoms with Gasteiger partial charge in [0.15, 0.2) is 17.6 Å². The SMILES string of the molecule is COC(=O)c1c(N2C(=O)[C@@H]3[C@@H](c4ccc(OC(=O)c5ccccc5)c(OC)c4)N(c4cccc([N+](=O)[O-])c4)O[C@H]3C2=O)sc2c1CC[C@@H](C(C)(C)C)C2. The maximum Gasteiger partial charge on any atom is 0.343 e. The molecule has 3 aromatic carbocycles. The number of hydroxylamine groups is 1. The summed E-state index contributed by atoms with van der Waals surface area (Å²) >= 11 is 1.25. The molecule has 2 fully saturated rings. The van der Waals surface area contributed by atoms with E-state index in [1.165, 1.54) is 54.9 Å². The number of imide groups is 1. The molecule has 1 aliphatic carbocycles. The van der Waals surface area contributed by atoms with Crippen LogP contribution in [0.4, 0.5) is 16.4 Å². The summed E-state index contributed by atoms with van der Waals surface area (Å²) in [5, 5.41) is 13.3. The number of rotatable bonds is 8. The van der Waals surface area contributed by atoms with Gasteiger partial charge >= 0.3 is 11.9 Å². The van der Waals surface area contributed by atoms with Crippen molar-refractivity contribution >= 4 is 51.5 Å². The molecule has 4 atom stereocenters. The van der Waals surface area contributed by atoms with Crippen LogP contribution in [0.1, 0.15) is 70.0 Å². The van der Waals surface area contributed by atoms with Crippen molar-refractivity contribution in [2.75, 3.05) is 24.2 Å². The molecule has 3 aliphatic rings. The minimum atomic E-state index is -1.33. The number of benzene rings is 3. The summed E-state index contributed by atoms with van der Waals surface area (Å²) < 4.78 is 16.5. The van der Waals surface area contributed by atoms with Gasteiger partial charge in [-0.05, 0) is 72.1 Å². The highest BCUT2D eigenvalue weighted by atomic mass is 32.1. The number of anilines is 2. The number of nitro groups is 1. The maximum absolute atomic E-state index is 14.7. The number of amides is 2. The van der Waals surface area contributed by atoms with Gasteiger partial charge in [-0.15, -0.1) is 11.3 Å². The molecule has 0 N–H and O–H groups in total. The lowest BCUT2D eigenvalue weighted by atomic mass is 9.72. The van der Waals surface area contributed by atoms with Gasteiger partial charge < -0.3 is 14.2 Å². The summed E-state index contributed by atoms with van der Waals surface area (Å²) in [5.41, 5.74) is 1.79. The van der Waals surface area contributed by atoms with Crippen LogP contribution < -0.4 is 19.4 Å². The van der Waals surface area contributed by atoms with Crippen LogP contribution in [-0.2, 0) is 32.0 Å². The second kappa shape index (κ2) is 13.7. The van der Waals surface area contributed by atoms with E-state index >= 15 is 0 Å². The van der Waals surface area contributed by atoms with Gasteiger partial charge in [0.2, 0.25) is 5.91 Å². The zero-order valence-corrected chi connectivity index (χ0v) is 30.5. The molecular formula is C39H37N3O10S. The minimum Gasteiger partial charge on any atom is -0.493 e. The number of ether oxygens (including phenoxy) is 3. The van der Waals surface area contributed by atoms with Crippen LogP contribution in [0.3, 0.4) is 0 Å². The van der Waals surface area contributed by atoms with Gasteiger partial charge in [0.05, 0.1) is 42.0 Å². The number of esters is 2. The zero-order chi connectivity index (χ0) is 37.8. The lowest BCUT2D eigenvalue weighted by molar-refractivity contribution is -0.384. The number of nitro benzene ring substituents is 1. The molecule has 4 aromatic rings. The Kier molecular flexibility index (Phi) is 9.28. The third kappa shape index (κ3) is 6.31. The van der Waals surface area contributed by atoms with Crippen LogP contribution in [0, 0.1) is 27.4 Å². The van der Waals surface area contributed by atoms with E-state index in [-0.39, 0.29) is 38.9 Å². The molecule has 0 radical (unpaired) electrons. The summed E-state index contributed by atoms with van der Waals surface area (Å²) in [6.07, 6.45) is 0.797. The zero-order valence-electron chi connectivity index (χ0n) is 29.7. The third-order valence-corrected chi connectivity index (χ3v) is 11.5. The number of fused-ring (bicyclic) bond motifs is 2. The molecule has 13 nitrogen and oxygen atoms in total. The molecule has 0 unspecified atom stereocenters. The van der Waals surface area contributed by atoms with Gasteiger partial charge in [-0.2, -0.15) is 0 Å². The highest BCUT2D eigenvalue weighted by Crippen LogP contribution is 2.52. The number of nitrogens with zero attached hydrogens (tertiary/aromatic N) is 3. The Labute approximate surface area is 309 Å². The number of hydrogen-bond acceptors (Lipinski definition) is 12. The Morgan fingerprint density at radius 1 is 0.943 bits per heavy atom. The Morgan fingerprint density at radius 3 is 2.38 bits per heavy atom. The normalized spacial score (nSPS) is 20.9. The van der Waals surface area contributed by atoms with Crippen molar-refractivity contribution in [1.29, 1.82) is 0 Å².